The molecule has 5 aromatic rings. The number of rotatable bonds is 3. The maximum atomic E-state index is 9.89. The minimum atomic E-state index is 0.0897. The van der Waals surface area contributed by atoms with Crippen LogP contribution in [0.5, 0.6) is 0 Å². The Balaban J connectivity index is 1.41. The molecule has 2 aromatic heterocycles. The Kier molecular flexibility index (Phi) is 5.60. The second kappa shape index (κ2) is 8.74. The van der Waals surface area contributed by atoms with Crippen LogP contribution in [0, 0.1) is 11.3 Å². The van der Waals surface area contributed by atoms with Gasteiger partial charge in [0.1, 0.15) is 0 Å². The maximum absolute atomic E-state index is 9.89. The number of anilines is 3. The molecule has 1 aliphatic heterocycles. The van der Waals surface area contributed by atoms with Gasteiger partial charge >= 0.3 is 217 Å². The Labute approximate surface area is 216 Å². The van der Waals surface area contributed by atoms with Gasteiger partial charge < -0.3 is 0 Å². The van der Waals surface area contributed by atoms with Crippen molar-refractivity contribution in [1.29, 1.82) is 5.26 Å². The number of fused-ring (bicyclic) bond motifs is 3. The first-order valence-corrected chi connectivity index (χ1v) is 15.2. The number of halogens is 1. The molecule has 33 heavy (non-hydrogen) atoms. The molecule has 0 saturated carbocycles. The van der Waals surface area contributed by atoms with Gasteiger partial charge in [-0.05, 0) is 0 Å². The van der Waals surface area contributed by atoms with Crippen molar-refractivity contribution in [1.82, 2.24) is 4.98 Å². The number of thiazole rings is 1. The number of nitriles is 1. The molecule has 7 heteroatoms. The number of nitrogens with zero attached hydrogens (tertiary/aromatic N) is 3. The molecule has 0 aliphatic carbocycles. The molecule has 0 fully saturated rings. The molecular formula is C26H14BrN3SSe2. The summed E-state index contributed by atoms with van der Waals surface area (Å²) in [7, 11) is 0. The monoisotopic (exact) mass is 639 g/mol. The molecule has 3 heterocycles. The van der Waals surface area contributed by atoms with E-state index in [1.165, 1.54) is 29.3 Å². The number of hydrogen-bond donors (Lipinski definition) is 0. The minimum absolute atomic E-state index is 0.0897. The van der Waals surface area contributed by atoms with Gasteiger partial charge in [-0.25, -0.2) is 0 Å². The predicted molar refractivity (Wildman–Crippen MR) is 144 cm³/mol. The molecular weight excluding hydrogens is 624 g/mol. The third-order valence-corrected chi connectivity index (χ3v) is 11.3. The van der Waals surface area contributed by atoms with E-state index in [0.717, 1.165) is 19.7 Å². The first-order chi connectivity index (χ1) is 16.2. The van der Waals surface area contributed by atoms with Gasteiger partial charge in [0.15, 0.2) is 0 Å². The fourth-order valence-electron chi connectivity index (χ4n) is 3.78. The van der Waals surface area contributed by atoms with Crippen LogP contribution in [-0.2, 0) is 0 Å². The van der Waals surface area contributed by atoms with E-state index < -0.39 is 0 Å². The molecule has 3 nitrogen and oxygen atoms in total. The average Bonchev–Trinajstić information content (AvgIpc) is 3.47. The van der Waals surface area contributed by atoms with Gasteiger partial charge in [0, 0.05) is 0 Å². The van der Waals surface area contributed by atoms with E-state index in [-0.39, 0.29) is 14.5 Å². The summed E-state index contributed by atoms with van der Waals surface area (Å²) >= 11 is 5.47. The number of aromatic nitrogens is 1. The molecule has 0 unspecified atom stereocenters. The van der Waals surface area contributed by atoms with E-state index >= 15 is 0 Å². The van der Waals surface area contributed by atoms with Gasteiger partial charge in [-0.3, -0.25) is 0 Å². The second-order valence-corrected chi connectivity index (χ2v) is 13.9. The van der Waals surface area contributed by atoms with E-state index in [1.54, 1.807) is 11.3 Å². The first kappa shape index (κ1) is 21.1. The van der Waals surface area contributed by atoms with E-state index in [1.807, 2.05) is 18.2 Å². The van der Waals surface area contributed by atoms with Gasteiger partial charge in [0.25, 0.3) is 0 Å². The Bertz CT molecular complexity index is 1550. The molecule has 158 valence electrons. The molecule has 0 spiro atoms. The van der Waals surface area contributed by atoms with Gasteiger partial charge in [-0.1, -0.05) is 0 Å². The molecule has 3 aromatic carbocycles. The summed E-state index contributed by atoms with van der Waals surface area (Å²) in [5.41, 5.74) is 4.10. The van der Waals surface area contributed by atoms with Crippen LogP contribution in [0.2, 0.25) is 0 Å². The molecule has 6 rings (SSSR count). The van der Waals surface area contributed by atoms with Crippen molar-refractivity contribution in [2.75, 3.05) is 4.90 Å². The van der Waals surface area contributed by atoms with E-state index in [4.69, 9.17) is 4.98 Å². The van der Waals surface area contributed by atoms with Gasteiger partial charge in [0.2, 0.25) is 0 Å². The summed E-state index contributed by atoms with van der Waals surface area (Å²) in [6, 6.07) is 30.2. The second-order valence-electron chi connectivity index (χ2n) is 7.35. The summed E-state index contributed by atoms with van der Waals surface area (Å²) in [5, 5.41) is 10.7. The van der Waals surface area contributed by atoms with Crippen molar-refractivity contribution in [3.05, 3.63) is 92.8 Å². The normalized spacial score (nSPS) is 13.0. The van der Waals surface area contributed by atoms with Gasteiger partial charge in [-0.15, -0.1) is 0 Å². The Morgan fingerprint density at radius 1 is 0.970 bits per heavy atom. The van der Waals surface area contributed by atoms with E-state index in [9.17, 15) is 5.26 Å². The molecule has 0 N–H and O–H groups in total. The standard InChI is InChI=1S/C26H14BrN3SSe2/c27-17-9-11-19-22(14-17)31-26(29-19)16(15-28)13-18-10-12-25(32-18)30-20-5-1-3-7-23(20)33-24-8-4-2-6-21(24)30/h1-14H/b16-13+. The SMILES string of the molecule is N#C/C(=C\c1ccc(N2c3ccccc3[Se]c3ccccc32)[se]1)c1nc2ccc(Br)cc2s1. The zero-order chi connectivity index (χ0) is 22.4. The molecule has 1 aliphatic rings. The van der Waals surface area contributed by atoms with Crippen LogP contribution in [0.25, 0.3) is 21.9 Å². The van der Waals surface area contributed by atoms with Gasteiger partial charge in [-0.2, -0.15) is 0 Å². The van der Waals surface area contributed by atoms with E-state index in [2.05, 4.69) is 93.6 Å². The summed E-state index contributed by atoms with van der Waals surface area (Å²) in [5.74, 6) is 0. The number of benzene rings is 3. The van der Waals surface area contributed by atoms with Crippen LogP contribution in [0.3, 0.4) is 0 Å². The topological polar surface area (TPSA) is 39.9 Å². The third kappa shape index (κ3) is 3.94. The zero-order valence-electron chi connectivity index (χ0n) is 17.0. The Morgan fingerprint density at radius 3 is 2.42 bits per heavy atom. The van der Waals surface area contributed by atoms with Crippen LogP contribution < -0.4 is 13.8 Å². The molecule has 0 bridgehead atoms. The van der Waals surface area contributed by atoms with Crippen molar-refractivity contribution in [3.63, 3.8) is 0 Å². The Morgan fingerprint density at radius 2 is 1.70 bits per heavy atom. The van der Waals surface area contributed by atoms with Gasteiger partial charge in [0.05, 0.1) is 0 Å². The number of para-hydroxylation sites is 2. The zero-order valence-corrected chi connectivity index (χ0v) is 22.9. The van der Waals surface area contributed by atoms with Crippen LogP contribution in [0.4, 0.5) is 15.9 Å². The number of hydrogen-bond acceptors (Lipinski definition) is 4. The summed E-state index contributed by atoms with van der Waals surface area (Å²) in [6.45, 7) is 0. The van der Waals surface area contributed by atoms with Crippen LogP contribution >= 0.6 is 27.3 Å². The third-order valence-electron chi connectivity index (χ3n) is 5.25. The predicted octanol–water partition coefficient (Wildman–Crippen LogP) is 5.62. The summed E-state index contributed by atoms with van der Waals surface area (Å²) < 4.78 is 7.38. The van der Waals surface area contributed by atoms with Crippen molar-refractivity contribution >= 4 is 103 Å². The molecule has 0 amide bonds. The van der Waals surface area contributed by atoms with E-state index in [0.29, 0.717) is 20.5 Å². The van der Waals surface area contributed by atoms with Crippen molar-refractivity contribution < 1.29 is 0 Å². The molecule has 0 saturated heterocycles. The molecule has 0 atom stereocenters. The average molecular weight is 638 g/mol. The first-order valence-electron chi connectivity index (χ1n) is 10.1. The molecule has 0 radical (unpaired) electrons. The van der Waals surface area contributed by atoms with Crippen molar-refractivity contribution in [2.45, 2.75) is 0 Å². The van der Waals surface area contributed by atoms with Crippen LogP contribution in [0.1, 0.15) is 9.44 Å². The fourth-order valence-corrected chi connectivity index (χ4v) is 9.54. The quantitative estimate of drug-likeness (QED) is 0.187. The fraction of sp³-hybridized carbons (Fsp3) is 0. The van der Waals surface area contributed by atoms with Crippen LogP contribution in [0.15, 0.2) is 83.3 Å². The van der Waals surface area contributed by atoms with Crippen molar-refractivity contribution in [2.24, 2.45) is 0 Å². The van der Waals surface area contributed by atoms with Crippen molar-refractivity contribution in [3.8, 4) is 6.07 Å². The number of allylic oxidation sites excluding steroid dienone is 1. The summed E-state index contributed by atoms with van der Waals surface area (Å²) in [4.78, 5) is 7.11. The van der Waals surface area contributed by atoms with Crippen LogP contribution in [-0.4, -0.2) is 34.4 Å². The summed E-state index contributed by atoms with van der Waals surface area (Å²) in [6.07, 6.45) is 2.02. The Hall–Kier alpha value is -2.42.